The number of carbonyl (C=O) groups excluding carboxylic acids is 2. The molecule has 0 aliphatic rings. The fourth-order valence-corrected chi connectivity index (χ4v) is 6.85. The highest BCUT2D eigenvalue weighted by Gasteiger charge is 2.13. The highest BCUT2D eigenvalue weighted by Crippen LogP contribution is 2.26. The van der Waals surface area contributed by atoms with Crippen molar-refractivity contribution in [2.75, 3.05) is 13.2 Å². The summed E-state index contributed by atoms with van der Waals surface area (Å²) in [5, 5.41) is 0. The first-order chi connectivity index (χ1) is 31.3. The van der Waals surface area contributed by atoms with Gasteiger partial charge in [-0.3, -0.25) is 9.98 Å². The van der Waals surface area contributed by atoms with E-state index in [2.05, 4.69) is 23.8 Å². The molecule has 0 heterocycles. The van der Waals surface area contributed by atoms with E-state index in [0.717, 1.165) is 25.7 Å². The van der Waals surface area contributed by atoms with Gasteiger partial charge in [0.1, 0.15) is 11.5 Å². The van der Waals surface area contributed by atoms with Gasteiger partial charge in [0.05, 0.1) is 35.7 Å². The molecule has 0 aliphatic heterocycles. The Morgan fingerprint density at radius 3 is 1.22 bits per heavy atom. The third-order valence-corrected chi connectivity index (χ3v) is 10.6. The van der Waals surface area contributed by atoms with Crippen LogP contribution in [0.4, 0.5) is 20.2 Å². The summed E-state index contributed by atoms with van der Waals surface area (Å²) in [6.07, 6.45) is 22.2. The van der Waals surface area contributed by atoms with Gasteiger partial charge in [-0.2, -0.15) is 0 Å². The van der Waals surface area contributed by atoms with E-state index in [0.29, 0.717) is 46.8 Å². The van der Waals surface area contributed by atoms with Crippen LogP contribution in [0.15, 0.2) is 119 Å². The first-order valence-electron chi connectivity index (χ1n) is 23.0. The molecule has 0 amide bonds. The van der Waals surface area contributed by atoms with Crippen LogP contribution < -0.4 is 18.9 Å². The Hall–Kier alpha value is -6.16. The summed E-state index contributed by atoms with van der Waals surface area (Å²) in [6, 6.07) is 28.7. The maximum atomic E-state index is 14.7. The summed E-state index contributed by atoms with van der Waals surface area (Å²) in [5.74, 6) is -1.31. The third kappa shape index (κ3) is 17.5. The number of rotatable bonds is 28. The molecule has 0 atom stereocenters. The molecule has 0 saturated carbocycles. The second kappa shape index (κ2) is 27.8. The van der Waals surface area contributed by atoms with E-state index in [9.17, 15) is 18.4 Å². The molecular weight excluding hydrogens is 811 g/mol. The molecule has 0 unspecified atom stereocenters. The van der Waals surface area contributed by atoms with Crippen molar-refractivity contribution in [3.8, 4) is 23.0 Å². The topological polar surface area (TPSA) is 95.8 Å². The van der Waals surface area contributed by atoms with E-state index in [-0.39, 0.29) is 23.0 Å². The summed E-state index contributed by atoms with van der Waals surface area (Å²) in [4.78, 5) is 34.7. The van der Waals surface area contributed by atoms with Crippen LogP contribution in [-0.2, 0) is 0 Å². The van der Waals surface area contributed by atoms with Gasteiger partial charge >= 0.3 is 11.9 Å². The molecule has 10 heteroatoms. The number of carbonyl (C=O) groups is 2. The van der Waals surface area contributed by atoms with Crippen LogP contribution in [0.5, 0.6) is 23.0 Å². The maximum Gasteiger partial charge on any atom is 0.343 e. The van der Waals surface area contributed by atoms with Gasteiger partial charge in [-0.05, 0) is 84.6 Å². The predicted octanol–water partition coefficient (Wildman–Crippen LogP) is 14.9. The molecule has 5 aromatic carbocycles. The fraction of sp³-hybridized carbons (Fsp3) is 0.370. The molecule has 0 N–H and O–H groups in total. The number of esters is 2. The normalized spacial score (nSPS) is 11.3. The summed E-state index contributed by atoms with van der Waals surface area (Å²) < 4.78 is 51.8. The number of aliphatic imine (C=N–C) groups is 2. The number of ether oxygens (including phenoxy) is 4. The van der Waals surface area contributed by atoms with Crippen molar-refractivity contribution in [2.45, 2.75) is 117 Å². The lowest BCUT2D eigenvalue weighted by atomic mass is 10.1. The number of unbranched alkanes of at least 4 members (excludes halogenated alkanes) is 14. The van der Waals surface area contributed by atoms with Crippen molar-refractivity contribution in [2.24, 2.45) is 9.98 Å². The predicted molar refractivity (Wildman–Crippen MR) is 253 cm³/mol. The minimum atomic E-state index is -0.602. The Labute approximate surface area is 377 Å². The Morgan fingerprint density at radius 2 is 0.844 bits per heavy atom. The van der Waals surface area contributed by atoms with Gasteiger partial charge in [-0.1, -0.05) is 134 Å². The lowest BCUT2D eigenvalue weighted by Gasteiger charge is -2.08. The van der Waals surface area contributed by atoms with Crippen molar-refractivity contribution < 1.29 is 37.3 Å². The Morgan fingerprint density at radius 1 is 0.469 bits per heavy atom. The minimum absolute atomic E-state index is 0.194. The molecule has 0 fully saturated rings. The summed E-state index contributed by atoms with van der Waals surface area (Å²) in [7, 11) is 0. The minimum Gasteiger partial charge on any atom is -0.491 e. The van der Waals surface area contributed by atoms with Crippen molar-refractivity contribution in [3.63, 3.8) is 0 Å². The van der Waals surface area contributed by atoms with Crippen LogP contribution >= 0.6 is 0 Å². The second-order valence-electron chi connectivity index (χ2n) is 15.9. The van der Waals surface area contributed by atoms with E-state index < -0.39 is 23.6 Å². The van der Waals surface area contributed by atoms with E-state index in [1.165, 1.54) is 95.2 Å². The highest BCUT2D eigenvalue weighted by molar-refractivity contribution is 5.93. The number of hydrogen-bond donors (Lipinski definition) is 0. The Bertz CT molecular complexity index is 2090. The second-order valence-corrected chi connectivity index (χ2v) is 15.9. The molecule has 0 aliphatic carbocycles. The highest BCUT2D eigenvalue weighted by atomic mass is 19.1. The Balaban J connectivity index is 1.03. The molecule has 0 aromatic heterocycles. The SMILES string of the molecule is CCCCCCCCCCOc1ccc(N=Cc2ccc(C(=O)Oc3cccc(OC(=O)c4ccc(C=Nc5ccc(OCCCCCCCCCC)c(F)c5)cc4)c3)cc2)cc1F. The van der Waals surface area contributed by atoms with Gasteiger partial charge < -0.3 is 18.9 Å². The van der Waals surface area contributed by atoms with E-state index in [4.69, 9.17) is 18.9 Å². The van der Waals surface area contributed by atoms with Gasteiger partial charge in [0.15, 0.2) is 23.1 Å². The number of halogens is 2. The first-order valence-corrected chi connectivity index (χ1v) is 23.0. The maximum absolute atomic E-state index is 14.7. The lowest BCUT2D eigenvalue weighted by molar-refractivity contribution is 0.0732. The molecule has 64 heavy (non-hydrogen) atoms. The van der Waals surface area contributed by atoms with Crippen molar-refractivity contribution in [1.29, 1.82) is 0 Å². The van der Waals surface area contributed by atoms with Gasteiger partial charge in [0, 0.05) is 30.6 Å². The van der Waals surface area contributed by atoms with Gasteiger partial charge in [0.2, 0.25) is 0 Å². The van der Waals surface area contributed by atoms with Crippen LogP contribution in [0.1, 0.15) is 148 Å². The lowest BCUT2D eigenvalue weighted by Crippen LogP contribution is -2.10. The Kier molecular flexibility index (Phi) is 21.2. The number of nitrogens with zero attached hydrogens (tertiary/aromatic N) is 2. The third-order valence-electron chi connectivity index (χ3n) is 10.6. The summed E-state index contributed by atoms with van der Waals surface area (Å²) >= 11 is 0. The standard InChI is InChI=1S/C54H62F2N2O6/c1-3-5-7-9-11-13-15-17-34-61-51-32-30-45(36-49(51)55)57-39-41-22-26-43(27-23-41)53(59)63-47-20-19-21-48(38-47)64-54(60)44-28-24-42(25-29-44)40-58-46-31-33-52(50(56)37-46)62-35-18-16-14-12-10-8-6-4-2/h19-33,36-40H,3-18,34-35H2,1-2H3. The summed E-state index contributed by atoms with van der Waals surface area (Å²) in [6.45, 7) is 5.39. The van der Waals surface area contributed by atoms with Gasteiger partial charge in [0.25, 0.3) is 0 Å². The molecule has 5 aromatic rings. The monoisotopic (exact) mass is 872 g/mol. The van der Waals surface area contributed by atoms with E-state index in [1.54, 1.807) is 103 Å². The average molecular weight is 873 g/mol. The smallest absolute Gasteiger partial charge is 0.343 e. The van der Waals surface area contributed by atoms with Crippen molar-refractivity contribution >= 4 is 35.7 Å². The molecule has 8 nitrogen and oxygen atoms in total. The number of hydrogen-bond acceptors (Lipinski definition) is 8. The largest absolute Gasteiger partial charge is 0.491 e. The zero-order valence-electron chi connectivity index (χ0n) is 37.4. The molecule has 5 rings (SSSR count). The molecule has 0 bridgehead atoms. The van der Waals surface area contributed by atoms with E-state index in [1.807, 2.05) is 0 Å². The molecular formula is C54H62F2N2O6. The molecule has 338 valence electrons. The quantitative estimate of drug-likeness (QED) is 0.0215. The zero-order valence-corrected chi connectivity index (χ0v) is 37.4. The van der Waals surface area contributed by atoms with Crippen LogP contribution in [-0.4, -0.2) is 37.6 Å². The van der Waals surface area contributed by atoms with Gasteiger partial charge in [-0.15, -0.1) is 0 Å². The van der Waals surface area contributed by atoms with Crippen LogP contribution in [0.2, 0.25) is 0 Å². The number of benzene rings is 5. The van der Waals surface area contributed by atoms with Crippen molar-refractivity contribution in [3.05, 3.63) is 143 Å². The van der Waals surface area contributed by atoms with E-state index >= 15 is 0 Å². The fourth-order valence-electron chi connectivity index (χ4n) is 6.85. The van der Waals surface area contributed by atoms with Crippen LogP contribution in [0.3, 0.4) is 0 Å². The molecule has 0 saturated heterocycles. The first kappa shape index (κ1) is 48.9. The zero-order chi connectivity index (χ0) is 45.2. The summed E-state index contributed by atoms with van der Waals surface area (Å²) in [5.41, 5.74) is 2.89. The molecule has 0 spiro atoms. The van der Waals surface area contributed by atoms with Crippen LogP contribution in [0, 0.1) is 11.6 Å². The van der Waals surface area contributed by atoms with Crippen molar-refractivity contribution in [1.82, 2.24) is 0 Å². The average Bonchev–Trinajstić information content (AvgIpc) is 3.30. The van der Waals surface area contributed by atoms with Gasteiger partial charge in [-0.25, -0.2) is 18.4 Å². The molecule has 0 radical (unpaired) electrons. The van der Waals surface area contributed by atoms with Crippen LogP contribution in [0.25, 0.3) is 0 Å².